The zero-order valence-corrected chi connectivity index (χ0v) is 18.5. The summed E-state index contributed by atoms with van der Waals surface area (Å²) in [6, 6.07) is 5.41. The number of benzene rings is 1. The molecule has 0 radical (unpaired) electrons. The van der Waals surface area contributed by atoms with Gasteiger partial charge in [0.05, 0.1) is 12.7 Å². The summed E-state index contributed by atoms with van der Waals surface area (Å²) in [7, 11) is 1.54. The van der Waals surface area contributed by atoms with E-state index in [2.05, 4.69) is 41.8 Å². The summed E-state index contributed by atoms with van der Waals surface area (Å²) < 4.78 is 7.43. The molecule has 3 rings (SSSR count). The molecule has 152 valence electrons. The lowest BCUT2D eigenvalue weighted by Crippen LogP contribution is -2.39. The van der Waals surface area contributed by atoms with Crippen molar-refractivity contribution in [1.82, 2.24) is 9.88 Å². The van der Waals surface area contributed by atoms with Crippen LogP contribution in [0.3, 0.4) is 0 Å². The van der Waals surface area contributed by atoms with Crippen molar-refractivity contribution in [3.63, 3.8) is 0 Å². The number of ether oxygens (including phenoxy) is 1. The molecular formula is C21H28ClN3O2S. The standard InChI is InChI=1S/C21H28ClN3O2S/c1-21(2,3)18-13-25(12-15-7-5-6-10-23-15)20(28-18)24-19(26)16-11-14(22)8-9-17(16)27-4/h8-9,11,13,15,23H,5-7,10,12H2,1-4H3/b24-20-/t15-/m0/s1. The van der Waals surface area contributed by atoms with Gasteiger partial charge in [-0.25, -0.2) is 0 Å². The maximum Gasteiger partial charge on any atom is 0.283 e. The van der Waals surface area contributed by atoms with Gasteiger partial charge in [0.15, 0.2) is 4.80 Å². The predicted octanol–water partition coefficient (Wildman–Crippen LogP) is 4.39. The van der Waals surface area contributed by atoms with Gasteiger partial charge in [0, 0.05) is 28.7 Å². The van der Waals surface area contributed by atoms with E-state index in [0.29, 0.717) is 27.2 Å². The summed E-state index contributed by atoms with van der Waals surface area (Å²) in [5.41, 5.74) is 0.375. The van der Waals surface area contributed by atoms with Crippen LogP contribution >= 0.6 is 22.9 Å². The van der Waals surface area contributed by atoms with Gasteiger partial charge in [-0.05, 0) is 43.0 Å². The van der Waals surface area contributed by atoms with E-state index < -0.39 is 0 Å². The van der Waals surface area contributed by atoms with Gasteiger partial charge in [0.2, 0.25) is 0 Å². The Balaban J connectivity index is 2.00. The molecule has 2 aromatic rings. The molecule has 0 spiro atoms. The smallest absolute Gasteiger partial charge is 0.283 e. The Labute approximate surface area is 175 Å². The number of amides is 1. The topological polar surface area (TPSA) is 55.6 Å². The SMILES string of the molecule is COc1ccc(Cl)cc1C(=O)/N=c1\sc(C(C)(C)C)cn1C[C@@H]1CCCCN1. The van der Waals surface area contributed by atoms with E-state index in [4.69, 9.17) is 16.3 Å². The van der Waals surface area contributed by atoms with Crippen LogP contribution in [0.2, 0.25) is 5.02 Å². The number of halogens is 1. The summed E-state index contributed by atoms with van der Waals surface area (Å²) in [4.78, 5) is 19.3. The molecule has 0 bridgehead atoms. The Morgan fingerprint density at radius 2 is 2.18 bits per heavy atom. The van der Waals surface area contributed by atoms with Crippen LogP contribution < -0.4 is 14.9 Å². The number of carbonyl (C=O) groups excluding carboxylic acids is 1. The number of methoxy groups -OCH3 is 1. The number of hydrogen-bond acceptors (Lipinski definition) is 4. The second-order valence-corrected chi connectivity index (χ2v) is 9.63. The highest BCUT2D eigenvalue weighted by molar-refractivity contribution is 7.09. The van der Waals surface area contributed by atoms with Crippen molar-refractivity contribution < 1.29 is 9.53 Å². The Morgan fingerprint density at radius 1 is 1.39 bits per heavy atom. The lowest BCUT2D eigenvalue weighted by atomic mass is 9.95. The first-order chi connectivity index (χ1) is 13.3. The summed E-state index contributed by atoms with van der Waals surface area (Å²) >= 11 is 7.65. The third kappa shape index (κ3) is 5.04. The van der Waals surface area contributed by atoms with Crippen LogP contribution in [0.4, 0.5) is 0 Å². The van der Waals surface area contributed by atoms with Gasteiger partial charge in [-0.3, -0.25) is 4.79 Å². The molecule has 0 saturated carbocycles. The molecule has 2 heterocycles. The molecule has 0 unspecified atom stereocenters. The number of carbonyl (C=O) groups is 1. The molecule has 1 amide bonds. The third-order valence-corrected chi connectivity index (χ3v) is 6.56. The van der Waals surface area contributed by atoms with E-state index >= 15 is 0 Å². The molecule has 1 aliphatic rings. The van der Waals surface area contributed by atoms with E-state index in [1.807, 2.05) is 0 Å². The number of thiazole rings is 1. The molecule has 1 saturated heterocycles. The predicted molar refractivity (Wildman–Crippen MR) is 115 cm³/mol. The second kappa shape index (κ2) is 8.80. The Bertz CT molecular complexity index is 905. The molecule has 1 N–H and O–H groups in total. The fourth-order valence-electron chi connectivity index (χ4n) is 3.26. The summed E-state index contributed by atoms with van der Waals surface area (Å²) in [5, 5.41) is 4.06. The van der Waals surface area contributed by atoms with Crippen LogP contribution in [0.25, 0.3) is 0 Å². The molecule has 1 atom stereocenters. The maximum atomic E-state index is 12.9. The molecule has 1 aliphatic heterocycles. The van der Waals surface area contributed by atoms with Crippen molar-refractivity contribution >= 4 is 28.8 Å². The number of rotatable bonds is 4. The largest absolute Gasteiger partial charge is 0.496 e. The van der Waals surface area contributed by atoms with Gasteiger partial charge in [0.1, 0.15) is 5.75 Å². The van der Waals surface area contributed by atoms with Crippen molar-refractivity contribution in [2.75, 3.05) is 13.7 Å². The minimum absolute atomic E-state index is 0.00300. The van der Waals surface area contributed by atoms with Crippen molar-refractivity contribution in [1.29, 1.82) is 0 Å². The molecule has 0 aliphatic carbocycles. The Hall–Kier alpha value is -1.63. The lowest BCUT2D eigenvalue weighted by Gasteiger charge is -2.23. The van der Waals surface area contributed by atoms with Crippen LogP contribution in [0.5, 0.6) is 5.75 Å². The van der Waals surface area contributed by atoms with E-state index in [0.717, 1.165) is 19.5 Å². The first kappa shape index (κ1) is 21.1. The normalized spacial score (nSPS) is 18.3. The van der Waals surface area contributed by atoms with Crippen LogP contribution in [0, 0.1) is 0 Å². The van der Waals surface area contributed by atoms with Gasteiger partial charge in [-0.2, -0.15) is 4.99 Å². The van der Waals surface area contributed by atoms with Crippen LogP contribution in [-0.4, -0.2) is 30.2 Å². The molecular weight excluding hydrogens is 394 g/mol. The zero-order valence-electron chi connectivity index (χ0n) is 16.9. The fraction of sp³-hybridized carbons (Fsp3) is 0.524. The van der Waals surface area contributed by atoms with Gasteiger partial charge in [-0.15, -0.1) is 11.3 Å². The molecule has 1 aromatic heterocycles. The summed E-state index contributed by atoms with van der Waals surface area (Å²) in [5.74, 6) is 0.137. The number of nitrogens with zero attached hydrogens (tertiary/aromatic N) is 2. The van der Waals surface area contributed by atoms with E-state index in [1.54, 1.807) is 29.5 Å². The monoisotopic (exact) mass is 421 g/mol. The number of aromatic nitrogens is 1. The quantitative estimate of drug-likeness (QED) is 0.796. The number of nitrogens with one attached hydrogen (secondary N) is 1. The van der Waals surface area contributed by atoms with Crippen LogP contribution in [0.15, 0.2) is 29.4 Å². The number of hydrogen-bond donors (Lipinski definition) is 1. The third-order valence-electron chi connectivity index (χ3n) is 4.88. The maximum absolute atomic E-state index is 12.9. The molecule has 7 heteroatoms. The fourth-order valence-corrected chi connectivity index (χ4v) is 4.48. The Kier molecular flexibility index (Phi) is 6.63. The van der Waals surface area contributed by atoms with Crippen molar-refractivity contribution in [3.05, 3.63) is 44.7 Å². The first-order valence-electron chi connectivity index (χ1n) is 9.64. The van der Waals surface area contributed by atoms with E-state index in [1.165, 1.54) is 24.8 Å². The average molecular weight is 422 g/mol. The minimum Gasteiger partial charge on any atom is -0.496 e. The highest BCUT2D eigenvalue weighted by atomic mass is 35.5. The minimum atomic E-state index is -0.341. The van der Waals surface area contributed by atoms with Crippen molar-refractivity contribution in [2.45, 2.75) is 58.0 Å². The highest BCUT2D eigenvalue weighted by Crippen LogP contribution is 2.26. The number of piperidine rings is 1. The Morgan fingerprint density at radius 3 is 2.82 bits per heavy atom. The summed E-state index contributed by atoms with van der Waals surface area (Å²) in [6.07, 6.45) is 5.74. The van der Waals surface area contributed by atoms with Crippen molar-refractivity contribution in [3.8, 4) is 5.75 Å². The average Bonchev–Trinajstić information content (AvgIpc) is 3.05. The molecule has 28 heavy (non-hydrogen) atoms. The van der Waals surface area contributed by atoms with E-state index in [-0.39, 0.29) is 11.3 Å². The first-order valence-corrected chi connectivity index (χ1v) is 10.8. The van der Waals surface area contributed by atoms with Crippen LogP contribution in [0.1, 0.15) is 55.3 Å². The lowest BCUT2D eigenvalue weighted by molar-refractivity contribution is 0.0994. The molecule has 1 fully saturated rings. The highest BCUT2D eigenvalue weighted by Gasteiger charge is 2.21. The van der Waals surface area contributed by atoms with Gasteiger partial charge in [0.25, 0.3) is 5.91 Å². The van der Waals surface area contributed by atoms with Gasteiger partial charge in [-0.1, -0.05) is 38.8 Å². The van der Waals surface area contributed by atoms with Gasteiger partial charge >= 0.3 is 0 Å². The zero-order chi connectivity index (χ0) is 20.3. The van der Waals surface area contributed by atoms with E-state index in [9.17, 15) is 4.79 Å². The van der Waals surface area contributed by atoms with Crippen LogP contribution in [-0.2, 0) is 12.0 Å². The molecule has 1 aromatic carbocycles. The van der Waals surface area contributed by atoms with Crippen molar-refractivity contribution in [2.24, 2.45) is 4.99 Å². The summed E-state index contributed by atoms with van der Waals surface area (Å²) in [6.45, 7) is 8.38. The second-order valence-electron chi connectivity index (χ2n) is 8.19. The molecule has 5 nitrogen and oxygen atoms in total. The van der Waals surface area contributed by atoms with Gasteiger partial charge < -0.3 is 14.6 Å².